The van der Waals surface area contributed by atoms with E-state index in [0.29, 0.717) is 32.6 Å². The van der Waals surface area contributed by atoms with Crippen molar-refractivity contribution in [1.29, 1.82) is 0 Å². The zero-order valence-corrected chi connectivity index (χ0v) is 17.5. The number of hydrogen-bond acceptors (Lipinski definition) is 5. The summed E-state index contributed by atoms with van der Waals surface area (Å²) in [5, 5.41) is 2.75. The van der Waals surface area contributed by atoms with Gasteiger partial charge in [-0.15, -0.1) is 0 Å². The summed E-state index contributed by atoms with van der Waals surface area (Å²) in [5.41, 5.74) is 1.84. The molecule has 0 radical (unpaired) electrons. The van der Waals surface area contributed by atoms with Gasteiger partial charge < -0.3 is 24.6 Å². The molecular formula is C23H27N3O5. The molecule has 0 bridgehead atoms. The minimum atomic E-state index is -0.784. The number of hydrogen-bond donors (Lipinski definition) is 1. The number of methoxy groups -OCH3 is 1. The summed E-state index contributed by atoms with van der Waals surface area (Å²) in [7, 11) is 1.30. The van der Waals surface area contributed by atoms with Crippen LogP contribution in [0.2, 0.25) is 0 Å². The number of esters is 1. The second kappa shape index (κ2) is 11.0. The van der Waals surface area contributed by atoms with Crippen molar-refractivity contribution in [2.75, 3.05) is 33.3 Å². The lowest BCUT2D eigenvalue weighted by Crippen LogP contribution is -2.56. The van der Waals surface area contributed by atoms with Crippen LogP contribution in [0.25, 0.3) is 0 Å². The fourth-order valence-corrected chi connectivity index (χ4v) is 3.33. The van der Waals surface area contributed by atoms with E-state index >= 15 is 0 Å². The van der Waals surface area contributed by atoms with E-state index in [9.17, 15) is 14.4 Å². The fourth-order valence-electron chi connectivity index (χ4n) is 3.33. The van der Waals surface area contributed by atoms with E-state index < -0.39 is 18.1 Å². The lowest BCUT2D eigenvalue weighted by atomic mass is 10.1. The third kappa shape index (κ3) is 6.47. The molecule has 1 aliphatic rings. The van der Waals surface area contributed by atoms with E-state index in [1.54, 1.807) is 9.80 Å². The SMILES string of the molecule is COC(=O)[C@H](Cc1ccccc1)NC(=O)N1CCN(C(=O)OCc2ccccc2)CC1. The maximum Gasteiger partial charge on any atom is 0.410 e. The van der Waals surface area contributed by atoms with Gasteiger partial charge in [-0.3, -0.25) is 0 Å². The van der Waals surface area contributed by atoms with E-state index in [4.69, 9.17) is 9.47 Å². The van der Waals surface area contributed by atoms with Crippen molar-refractivity contribution >= 4 is 18.1 Å². The number of carbonyl (C=O) groups excluding carboxylic acids is 3. The van der Waals surface area contributed by atoms with E-state index in [-0.39, 0.29) is 12.6 Å². The van der Waals surface area contributed by atoms with Gasteiger partial charge in [-0.05, 0) is 11.1 Å². The van der Waals surface area contributed by atoms with Gasteiger partial charge in [0.25, 0.3) is 0 Å². The first-order valence-electron chi connectivity index (χ1n) is 10.2. The molecule has 2 aromatic carbocycles. The monoisotopic (exact) mass is 425 g/mol. The summed E-state index contributed by atoms with van der Waals surface area (Å²) in [4.78, 5) is 40.3. The van der Waals surface area contributed by atoms with Gasteiger partial charge in [0.1, 0.15) is 12.6 Å². The second-order valence-corrected chi connectivity index (χ2v) is 7.23. The molecule has 0 aliphatic carbocycles. The topological polar surface area (TPSA) is 88.2 Å². The van der Waals surface area contributed by atoms with Crippen LogP contribution in [0.1, 0.15) is 11.1 Å². The van der Waals surface area contributed by atoms with Gasteiger partial charge in [0, 0.05) is 32.6 Å². The van der Waals surface area contributed by atoms with Crippen LogP contribution >= 0.6 is 0 Å². The largest absolute Gasteiger partial charge is 0.467 e. The van der Waals surface area contributed by atoms with Gasteiger partial charge in [0.2, 0.25) is 0 Å². The van der Waals surface area contributed by atoms with Gasteiger partial charge in [-0.25, -0.2) is 14.4 Å². The highest BCUT2D eigenvalue weighted by atomic mass is 16.6. The van der Waals surface area contributed by atoms with Crippen LogP contribution in [-0.4, -0.2) is 67.2 Å². The summed E-state index contributed by atoms with van der Waals surface area (Å²) in [6, 6.07) is 17.7. The minimum Gasteiger partial charge on any atom is -0.467 e. The van der Waals surface area contributed by atoms with Gasteiger partial charge in [-0.2, -0.15) is 0 Å². The van der Waals surface area contributed by atoms with E-state index in [0.717, 1.165) is 11.1 Å². The van der Waals surface area contributed by atoms with Crippen molar-refractivity contribution in [3.8, 4) is 0 Å². The Morgan fingerprint density at radius 2 is 1.42 bits per heavy atom. The van der Waals surface area contributed by atoms with Gasteiger partial charge in [-0.1, -0.05) is 60.7 Å². The van der Waals surface area contributed by atoms with Crippen LogP contribution in [0.15, 0.2) is 60.7 Å². The number of amides is 3. The maximum atomic E-state index is 12.7. The summed E-state index contributed by atoms with van der Waals surface area (Å²) in [6.45, 7) is 1.64. The molecular weight excluding hydrogens is 398 g/mol. The number of benzene rings is 2. The highest BCUT2D eigenvalue weighted by Gasteiger charge is 2.28. The predicted octanol–water partition coefficient (Wildman–Crippen LogP) is 2.43. The second-order valence-electron chi connectivity index (χ2n) is 7.23. The molecule has 2 aromatic rings. The molecule has 0 saturated carbocycles. The lowest BCUT2D eigenvalue weighted by molar-refractivity contribution is -0.142. The molecule has 1 aliphatic heterocycles. The van der Waals surface area contributed by atoms with Crippen LogP contribution in [0.5, 0.6) is 0 Å². The van der Waals surface area contributed by atoms with Crippen LogP contribution < -0.4 is 5.32 Å². The molecule has 0 unspecified atom stereocenters. The average Bonchev–Trinajstić information content (AvgIpc) is 2.83. The highest BCUT2D eigenvalue weighted by molar-refractivity contribution is 5.84. The molecule has 1 saturated heterocycles. The normalized spacial score (nSPS) is 14.5. The molecule has 1 N–H and O–H groups in total. The van der Waals surface area contributed by atoms with Gasteiger partial charge >= 0.3 is 18.1 Å². The number of urea groups is 1. The molecule has 1 fully saturated rings. The molecule has 0 spiro atoms. The number of nitrogens with one attached hydrogen (secondary N) is 1. The summed E-state index contributed by atoms with van der Waals surface area (Å²) < 4.78 is 10.2. The first kappa shape index (κ1) is 22.1. The van der Waals surface area contributed by atoms with Crippen molar-refractivity contribution in [1.82, 2.24) is 15.1 Å². The lowest BCUT2D eigenvalue weighted by Gasteiger charge is -2.34. The summed E-state index contributed by atoms with van der Waals surface area (Å²) in [5.74, 6) is -0.500. The molecule has 164 valence electrons. The Morgan fingerprint density at radius 1 is 0.871 bits per heavy atom. The first-order chi connectivity index (χ1) is 15.1. The number of ether oxygens (including phenoxy) is 2. The molecule has 8 heteroatoms. The van der Waals surface area contributed by atoms with E-state index in [1.807, 2.05) is 60.7 Å². The van der Waals surface area contributed by atoms with Crippen molar-refractivity contribution in [2.45, 2.75) is 19.1 Å². The molecule has 3 amide bonds. The number of rotatable bonds is 6. The zero-order chi connectivity index (χ0) is 22.1. The molecule has 1 heterocycles. The molecule has 1 atom stereocenters. The quantitative estimate of drug-likeness (QED) is 0.719. The van der Waals surface area contributed by atoms with Crippen LogP contribution in [0.3, 0.4) is 0 Å². The molecule has 3 rings (SSSR count). The Hall–Kier alpha value is -3.55. The van der Waals surface area contributed by atoms with Gasteiger partial charge in [0.15, 0.2) is 0 Å². The Labute approximate surface area is 181 Å². The standard InChI is InChI=1S/C23H27N3O5/c1-30-21(27)20(16-18-8-4-2-5-9-18)24-22(28)25-12-14-26(15-13-25)23(29)31-17-19-10-6-3-7-11-19/h2-11,20H,12-17H2,1H3,(H,24,28)/t20-/m0/s1. The van der Waals surface area contributed by atoms with Crippen molar-refractivity contribution in [3.05, 3.63) is 71.8 Å². The first-order valence-corrected chi connectivity index (χ1v) is 10.2. The average molecular weight is 425 g/mol. The summed E-state index contributed by atoms with van der Waals surface area (Å²) >= 11 is 0. The third-order valence-electron chi connectivity index (χ3n) is 5.10. The van der Waals surface area contributed by atoms with Crippen LogP contribution in [0.4, 0.5) is 9.59 Å². The Kier molecular flexibility index (Phi) is 7.86. The zero-order valence-electron chi connectivity index (χ0n) is 17.5. The Balaban J connectivity index is 1.48. The minimum absolute atomic E-state index is 0.209. The molecule has 0 aromatic heterocycles. The van der Waals surface area contributed by atoms with Gasteiger partial charge in [0.05, 0.1) is 7.11 Å². The van der Waals surface area contributed by atoms with Crippen molar-refractivity contribution in [2.24, 2.45) is 0 Å². The smallest absolute Gasteiger partial charge is 0.410 e. The number of nitrogens with zero attached hydrogens (tertiary/aromatic N) is 2. The van der Waals surface area contributed by atoms with Crippen LogP contribution in [-0.2, 0) is 27.3 Å². The molecule has 8 nitrogen and oxygen atoms in total. The van der Waals surface area contributed by atoms with Crippen molar-refractivity contribution < 1.29 is 23.9 Å². The molecule has 31 heavy (non-hydrogen) atoms. The number of carbonyl (C=O) groups is 3. The summed E-state index contributed by atoms with van der Waals surface area (Å²) in [6.07, 6.45) is -0.0641. The highest BCUT2D eigenvalue weighted by Crippen LogP contribution is 2.09. The van der Waals surface area contributed by atoms with E-state index in [1.165, 1.54) is 7.11 Å². The van der Waals surface area contributed by atoms with Crippen molar-refractivity contribution in [3.63, 3.8) is 0 Å². The van der Waals surface area contributed by atoms with E-state index in [2.05, 4.69) is 5.32 Å². The third-order valence-corrected chi connectivity index (χ3v) is 5.10. The fraction of sp³-hybridized carbons (Fsp3) is 0.348. The number of piperazine rings is 1. The van der Waals surface area contributed by atoms with Crippen LogP contribution in [0, 0.1) is 0 Å². The predicted molar refractivity (Wildman–Crippen MR) is 114 cm³/mol. The maximum absolute atomic E-state index is 12.7. The Bertz CT molecular complexity index is 867. The Morgan fingerprint density at radius 3 is 2.00 bits per heavy atom.